The standard InChI is InChI=1S/C29H32F3N5O5S/c1-36-17-34-35-28(36)43-16-22-13-24(20-8-6-19(15-38)7-9-20)42-26(41-22)21-10-4-18(5-11-21)14-33-25(39)23-3-2-12-37(23)27(40)29(30,31)32/h4-11,17,22-24,26,38H,2-3,12-16H2,1H3,(H,33,39)/t22-,23+,24+,26+/m1/s1. The molecule has 2 aliphatic rings. The van der Waals surface area contributed by atoms with E-state index in [1.54, 1.807) is 18.5 Å². The maximum atomic E-state index is 12.9. The molecule has 2 aliphatic heterocycles. The minimum Gasteiger partial charge on any atom is -0.392 e. The minimum atomic E-state index is -5.02. The summed E-state index contributed by atoms with van der Waals surface area (Å²) in [6.07, 6.45) is -3.36. The molecule has 4 atom stereocenters. The van der Waals surface area contributed by atoms with Crippen molar-refractivity contribution in [3.05, 3.63) is 77.1 Å². The second-order valence-corrected chi connectivity index (χ2v) is 11.5. The second kappa shape index (κ2) is 13.5. The number of halogens is 3. The van der Waals surface area contributed by atoms with Gasteiger partial charge < -0.3 is 29.4 Å². The third-order valence-electron chi connectivity index (χ3n) is 7.46. The van der Waals surface area contributed by atoms with Crippen LogP contribution in [0.1, 0.15) is 53.9 Å². The van der Waals surface area contributed by atoms with Crippen LogP contribution < -0.4 is 5.32 Å². The fourth-order valence-corrected chi connectivity index (χ4v) is 6.04. The summed E-state index contributed by atoms with van der Waals surface area (Å²) in [5.74, 6) is -1.98. The molecule has 230 valence electrons. The zero-order valence-electron chi connectivity index (χ0n) is 23.4. The molecule has 0 aliphatic carbocycles. The maximum Gasteiger partial charge on any atom is 0.471 e. The zero-order chi connectivity index (χ0) is 30.6. The Labute approximate surface area is 250 Å². The van der Waals surface area contributed by atoms with E-state index < -0.39 is 30.3 Å². The molecule has 5 rings (SSSR count). The normalized spacial score (nSPS) is 22.5. The van der Waals surface area contributed by atoms with Crippen LogP contribution in [0.5, 0.6) is 0 Å². The van der Waals surface area contributed by atoms with E-state index in [-0.39, 0.29) is 38.3 Å². The summed E-state index contributed by atoms with van der Waals surface area (Å²) in [7, 11) is 1.87. The Kier molecular flexibility index (Phi) is 9.69. The molecule has 2 saturated heterocycles. The largest absolute Gasteiger partial charge is 0.471 e. The van der Waals surface area contributed by atoms with Crippen LogP contribution in [0.25, 0.3) is 0 Å². The van der Waals surface area contributed by atoms with Crippen molar-refractivity contribution in [1.82, 2.24) is 25.0 Å². The van der Waals surface area contributed by atoms with Crippen molar-refractivity contribution < 1.29 is 37.3 Å². The fraction of sp³-hybridized carbons (Fsp3) is 0.448. The number of alkyl halides is 3. The highest BCUT2D eigenvalue weighted by Crippen LogP contribution is 2.39. The number of amides is 2. The molecular weight excluding hydrogens is 587 g/mol. The number of ether oxygens (including phenoxy) is 2. The number of hydrogen-bond donors (Lipinski definition) is 2. The van der Waals surface area contributed by atoms with Crippen molar-refractivity contribution in [2.45, 2.75) is 68.3 Å². The summed E-state index contributed by atoms with van der Waals surface area (Å²) >= 11 is 1.53. The molecule has 2 amide bonds. The molecule has 2 aromatic carbocycles. The van der Waals surface area contributed by atoms with E-state index in [4.69, 9.17) is 9.47 Å². The molecule has 0 saturated carbocycles. The smallest absolute Gasteiger partial charge is 0.392 e. The zero-order valence-corrected chi connectivity index (χ0v) is 24.2. The van der Waals surface area contributed by atoms with Gasteiger partial charge in [-0.2, -0.15) is 13.2 Å². The Balaban J connectivity index is 1.24. The van der Waals surface area contributed by atoms with Gasteiger partial charge in [0.15, 0.2) is 11.4 Å². The van der Waals surface area contributed by atoms with Gasteiger partial charge >= 0.3 is 12.1 Å². The number of aliphatic hydroxyl groups is 1. The van der Waals surface area contributed by atoms with E-state index in [1.807, 2.05) is 48.0 Å². The summed E-state index contributed by atoms with van der Waals surface area (Å²) in [6, 6.07) is 13.7. The van der Waals surface area contributed by atoms with E-state index in [0.717, 1.165) is 27.4 Å². The van der Waals surface area contributed by atoms with Gasteiger partial charge in [0.1, 0.15) is 12.4 Å². The topological polar surface area (TPSA) is 119 Å². The van der Waals surface area contributed by atoms with Crippen LogP contribution in [-0.4, -0.2) is 67.2 Å². The van der Waals surface area contributed by atoms with Crippen LogP contribution in [0.15, 0.2) is 60.0 Å². The number of likely N-dealkylation sites (tertiary alicyclic amines) is 1. The molecule has 1 aromatic heterocycles. The summed E-state index contributed by atoms with van der Waals surface area (Å²) in [5.41, 5.74) is 3.25. The lowest BCUT2D eigenvalue weighted by atomic mass is 10.0. The van der Waals surface area contributed by atoms with Crippen LogP contribution >= 0.6 is 11.8 Å². The number of carbonyl (C=O) groups excluding carboxylic acids is 2. The predicted molar refractivity (Wildman–Crippen MR) is 149 cm³/mol. The van der Waals surface area contributed by atoms with Crippen molar-refractivity contribution >= 4 is 23.6 Å². The van der Waals surface area contributed by atoms with Crippen LogP contribution in [0, 0.1) is 0 Å². The number of nitrogens with zero attached hydrogens (tertiary/aromatic N) is 4. The highest BCUT2D eigenvalue weighted by Gasteiger charge is 2.47. The van der Waals surface area contributed by atoms with Gasteiger partial charge in [0.2, 0.25) is 5.91 Å². The Bertz CT molecular complexity index is 1400. The summed E-state index contributed by atoms with van der Waals surface area (Å²) in [4.78, 5) is 25.0. The third-order valence-corrected chi connectivity index (χ3v) is 8.63. The number of rotatable bonds is 9. The quantitative estimate of drug-likeness (QED) is 0.347. The molecule has 0 spiro atoms. The van der Waals surface area contributed by atoms with Gasteiger partial charge in [-0.15, -0.1) is 10.2 Å². The van der Waals surface area contributed by atoms with Crippen molar-refractivity contribution in [1.29, 1.82) is 0 Å². The van der Waals surface area contributed by atoms with Gasteiger partial charge in [-0.25, -0.2) is 0 Å². The third kappa shape index (κ3) is 7.55. The second-order valence-electron chi connectivity index (χ2n) is 10.5. The van der Waals surface area contributed by atoms with Gasteiger partial charge in [0.25, 0.3) is 0 Å². The van der Waals surface area contributed by atoms with Gasteiger partial charge in [0, 0.05) is 37.9 Å². The highest BCUT2D eigenvalue weighted by atomic mass is 32.2. The lowest BCUT2D eigenvalue weighted by molar-refractivity contribution is -0.245. The molecule has 3 aromatic rings. The van der Waals surface area contributed by atoms with E-state index in [2.05, 4.69) is 15.5 Å². The molecule has 0 bridgehead atoms. The molecule has 0 unspecified atom stereocenters. The van der Waals surface area contributed by atoms with E-state index in [1.165, 1.54) is 11.8 Å². The number of thioether (sulfide) groups is 1. The van der Waals surface area contributed by atoms with Crippen molar-refractivity contribution in [2.75, 3.05) is 12.3 Å². The van der Waals surface area contributed by atoms with Crippen LogP contribution in [-0.2, 0) is 39.3 Å². The maximum absolute atomic E-state index is 12.9. The van der Waals surface area contributed by atoms with Crippen molar-refractivity contribution in [3.63, 3.8) is 0 Å². The van der Waals surface area contributed by atoms with Crippen molar-refractivity contribution in [3.8, 4) is 0 Å². The first-order valence-electron chi connectivity index (χ1n) is 13.8. The molecule has 10 nitrogen and oxygen atoms in total. The van der Waals surface area contributed by atoms with E-state index in [0.29, 0.717) is 23.5 Å². The average molecular weight is 620 g/mol. The molecule has 14 heteroatoms. The molecule has 3 heterocycles. The van der Waals surface area contributed by atoms with Gasteiger partial charge in [-0.05, 0) is 29.5 Å². The fourth-order valence-electron chi connectivity index (χ4n) is 5.14. The molecule has 0 radical (unpaired) electrons. The number of benzene rings is 2. The Morgan fingerprint density at radius 2 is 1.77 bits per heavy atom. The van der Waals surface area contributed by atoms with E-state index in [9.17, 15) is 27.9 Å². The van der Waals surface area contributed by atoms with Gasteiger partial charge in [-0.1, -0.05) is 60.3 Å². The number of aryl methyl sites for hydroxylation is 1. The monoisotopic (exact) mass is 619 g/mol. The molecular formula is C29H32F3N5O5S. The number of hydrogen-bond acceptors (Lipinski definition) is 8. The first kappa shape index (κ1) is 31.0. The molecule has 2 N–H and O–H groups in total. The first-order chi connectivity index (χ1) is 20.6. The SMILES string of the molecule is Cn1cnnc1SC[C@H]1C[C@@H](c2ccc(CO)cc2)O[C@@H](c2ccc(CNC(=O)[C@@H]3CCCN3C(=O)C(F)(F)F)cc2)O1. The van der Waals surface area contributed by atoms with Gasteiger partial charge in [-0.3, -0.25) is 9.59 Å². The minimum absolute atomic E-state index is 0.0497. The summed E-state index contributed by atoms with van der Waals surface area (Å²) < 4.78 is 53.3. The van der Waals surface area contributed by atoms with E-state index >= 15 is 0 Å². The number of carbonyl (C=O) groups is 2. The number of nitrogens with one attached hydrogen (secondary N) is 1. The van der Waals surface area contributed by atoms with Crippen LogP contribution in [0.4, 0.5) is 13.2 Å². The van der Waals surface area contributed by atoms with Crippen LogP contribution in [0.3, 0.4) is 0 Å². The van der Waals surface area contributed by atoms with Crippen molar-refractivity contribution in [2.24, 2.45) is 7.05 Å². The molecule has 2 fully saturated rings. The lowest BCUT2D eigenvalue weighted by Crippen LogP contribution is -2.50. The number of aliphatic hydroxyl groups excluding tert-OH is 1. The predicted octanol–water partition coefficient (Wildman–Crippen LogP) is 3.81. The van der Waals surface area contributed by atoms with Gasteiger partial charge in [0.05, 0.1) is 18.8 Å². The average Bonchev–Trinajstić information content (AvgIpc) is 3.67. The Morgan fingerprint density at radius 3 is 2.42 bits per heavy atom. The highest BCUT2D eigenvalue weighted by molar-refractivity contribution is 7.99. The first-order valence-corrected chi connectivity index (χ1v) is 14.8. The van der Waals surface area contributed by atoms with Crippen LogP contribution in [0.2, 0.25) is 0 Å². The number of aromatic nitrogens is 3. The summed E-state index contributed by atoms with van der Waals surface area (Å²) in [5, 5.41) is 20.9. The molecule has 43 heavy (non-hydrogen) atoms. The Hall–Kier alpha value is -3.46. The summed E-state index contributed by atoms with van der Waals surface area (Å²) in [6.45, 7) is -0.0596. The Morgan fingerprint density at radius 1 is 1.07 bits per heavy atom. The lowest BCUT2D eigenvalue weighted by Gasteiger charge is -2.36.